The summed E-state index contributed by atoms with van der Waals surface area (Å²) >= 11 is 0. The van der Waals surface area contributed by atoms with Crippen LogP contribution in [0.2, 0.25) is 0 Å². The normalized spacial score (nSPS) is 30.8. The standard InChI is InChI=1S/C16H21NO2/c17-11-3-7-15-9-10-16(19-15,8-4-12-18)14-6-2-1-5-13(14)15/h1-2,5-6,9-10,18H,3-4,7-8,11-12,17H2. The highest BCUT2D eigenvalue weighted by atomic mass is 16.5. The van der Waals surface area contributed by atoms with Gasteiger partial charge in [-0.3, -0.25) is 0 Å². The molecule has 102 valence electrons. The van der Waals surface area contributed by atoms with Gasteiger partial charge in [0.1, 0.15) is 11.2 Å². The molecule has 0 radical (unpaired) electrons. The van der Waals surface area contributed by atoms with Gasteiger partial charge in [0.15, 0.2) is 0 Å². The first-order chi connectivity index (χ1) is 9.26. The highest BCUT2D eigenvalue weighted by Gasteiger charge is 2.54. The minimum atomic E-state index is -0.325. The molecule has 3 N–H and O–H groups in total. The Labute approximate surface area is 114 Å². The van der Waals surface area contributed by atoms with Crippen LogP contribution in [0.5, 0.6) is 0 Å². The van der Waals surface area contributed by atoms with Crippen LogP contribution in [-0.2, 0) is 15.9 Å². The van der Waals surface area contributed by atoms with E-state index in [0.29, 0.717) is 6.54 Å². The molecular weight excluding hydrogens is 238 g/mol. The molecular formula is C16H21NO2. The fourth-order valence-corrected chi connectivity index (χ4v) is 3.42. The number of hydrogen-bond donors (Lipinski definition) is 2. The van der Waals surface area contributed by atoms with Crippen LogP contribution < -0.4 is 5.73 Å². The number of nitrogens with two attached hydrogens (primary N) is 1. The molecule has 0 aliphatic carbocycles. The topological polar surface area (TPSA) is 55.5 Å². The summed E-state index contributed by atoms with van der Waals surface area (Å²) in [4.78, 5) is 0. The molecule has 0 saturated carbocycles. The lowest BCUT2D eigenvalue weighted by molar-refractivity contribution is -0.0813. The maximum absolute atomic E-state index is 9.11. The summed E-state index contributed by atoms with van der Waals surface area (Å²) in [5, 5.41) is 9.11. The summed E-state index contributed by atoms with van der Waals surface area (Å²) in [7, 11) is 0. The Balaban J connectivity index is 1.98. The second-order valence-corrected chi connectivity index (χ2v) is 5.48. The second kappa shape index (κ2) is 4.75. The lowest BCUT2D eigenvalue weighted by Crippen LogP contribution is -2.24. The van der Waals surface area contributed by atoms with Crippen LogP contribution >= 0.6 is 0 Å². The molecule has 2 unspecified atom stereocenters. The van der Waals surface area contributed by atoms with E-state index in [9.17, 15) is 0 Å². The van der Waals surface area contributed by atoms with Gasteiger partial charge < -0.3 is 15.6 Å². The molecule has 0 aromatic heterocycles. The third kappa shape index (κ3) is 1.84. The first kappa shape index (κ1) is 12.9. The number of rotatable bonds is 6. The van der Waals surface area contributed by atoms with Gasteiger partial charge in [-0.15, -0.1) is 0 Å². The minimum Gasteiger partial charge on any atom is -0.396 e. The molecule has 2 heterocycles. The van der Waals surface area contributed by atoms with Crippen LogP contribution in [0.3, 0.4) is 0 Å². The van der Waals surface area contributed by atoms with Crippen molar-refractivity contribution in [1.82, 2.24) is 0 Å². The van der Waals surface area contributed by atoms with Crippen molar-refractivity contribution in [3.05, 3.63) is 47.5 Å². The maximum atomic E-state index is 9.11. The van der Waals surface area contributed by atoms with Gasteiger partial charge in [-0.05, 0) is 55.5 Å². The Morgan fingerprint density at radius 1 is 1.00 bits per heavy atom. The van der Waals surface area contributed by atoms with E-state index in [-0.39, 0.29) is 17.8 Å². The van der Waals surface area contributed by atoms with E-state index in [1.807, 2.05) is 0 Å². The van der Waals surface area contributed by atoms with E-state index in [1.54, 1.807) is 0 Å². The van der Waals surface area contributed by atoms with Crippen LogP contribution in [0.25, 0.3) is 0 Å². The van der Waals surface area contributed by atoms with Crippen molar-refractivity contribution in [1.29, 1.82) is 0 Å². The molecule has 3 rings (SSSR count). The first-order valence-electron chi connectivity index (χ1n) is 7.08. The molecule has 2 aliphatic heterocycles. The van der Waals surface area contributed by atoms with Crippen LogP contribution in [0, 0.1) is 0 Å². The molecule has 2 bridgehead atoms. The Bertz CT molecular complexity index is 456. The van der Waals surface area contributed by atoms with Gasteiger partial charge in [0.2, 0.25) is 0 Å². The lowest BCUT2D eigenvalue weighted by Gasteiger charge is -2.26. The summed E-state index contributed by atoms with van der Waals surface area (Å²) in [6.07, 6.45) is 7.85. The van der Waals surface area contributed by atoms with Crippen molar-refractivity contribution < 1.29 is 9.84 Å². The van der Waals surface area contributed by atoms with E-state index in [2.05, 4.69) is 36.4 Å². The summed E-state index contributed by atoms with van der Waals surface area (Å²) < 4.78 is 6.44. The van der Waals surface area contributed by atoms with Crippen molar-refractivity contribution in [2.24, 2.45) is 5.73 Å². The zero-order valence-electron chi connectivity index (χ0n) is 11.1. The second-order valence-electron chi connectivity index (χ2n) is 5.48. The van der Waals surface area contributed by atoms with Crippen molar-refractivity contribution in [2.75, 3.05) is 13.2 Å². The van der Waals surface area contributed by atoms with E-state index in [0.717, 1.165) is 25.7 Å². The average molecular weight is 259 g/mol. The van der Waals surface area contributed by atoms with Crippen molar-refractivity contribution >= 4 is 0 Å². The van der Waals surface area contributed by atoms with E-state index < -0.39 is 0 Å². The zero-order chi connectivity index (χ0) is 13.3. The SMILES string of the molecule is NCCCC12C=CC(CCCO)(O1)c1ccccc12. The molecule has 19 heavy (non-hydrogen) atoms. The maximum Gasteiger partial charge on any atom is 0.113 e. The van der Waals surface area contributed by atoms with Crippen LogP contribution in [0.15, 0.2) is 36.4 Å². The highest BCUT2D eigenvalue weighted by molar-refractivity contribution is 5.51. The Kier molecular flexibility index (Phi) is 3.21. The minimum absolute atomic E-state index is 0.205. The van der Waals surface area contributed by atoms with Gasteiger partial charge in [-0.25, -0.2) is 0 Å². The van der Waals surface area contributed by atoms with Crippen molar-refractivity contribution in [3.63, 3.8) is 0 Å². The quantitative estimate of drug-likeness (QED) is 0.770. The van der Waals surface area contributed by atoms with Gasteiger partial charge in [-0.1, -0.05) is 24.3 Å². The third-order valence-electron chi connectivity index (χ3n) is 4.28. The molecule has 1 aromatic carbocycles. The molecule has 0 amide bonds. The van der Waals surface area contributed by atoms with Crippen molar-refractivity contribution in [2.45, 2.75) is 36.9 Å². The molecule has 0 saturated heterocycles. The third-order valence-corrected chi connectivity index (χ3v) is 4.28. The average Bonchev–Trinajstić information content (AvgIpc) is 2.96. The van der Waals surface area contributed by atoms with Gasteiger partial charge >= 0.3 is 0 Å². The molecule has 3 heteroatoms. The fourth-order valence-electron chi connectivity index (χ4n) is 3.42. The van der Waals surface area contributed by atoms with Gasteiger partial charge in [-0.2, -0.15) is 0 Å². The van der Waals surface area contributed by atoms with E-state index >= 15 is 0 Å². The summed E-state index contributed by atoms with van der Waals surface area (Å²) in [5.74, 6) is 0. The van der Waals surface area contributed by atoms with Crippen LogP contribution in [-0.4, -0.2) is 18.3 Å². The van der Waals surface area contributed by atoms with Gasteiger partial charge in [0, 0.05) is 6.61 Å². The predicted molar refractivity (Wildman–Crippen MR) is 74.6 cm³/mol. The number of hydrogen-bond acceptors (Lipinski definition) is 3. The van der Waals surface area contributed by atoms with E-state index in [1.165, 1.54) is 11.1 Å². The molecule has 3 nitrogen and oxygen atoms in total. The van der Waals surface area contributed by atoms with E-state index in [4.69, 9.17) is 15.6 Å². The monoisotopic (exact) mass is 259 g/mol. The summed E-state index contributed by atoms with van der Waals surface area (Å²) in [6, 6.07) is 8.45. The number of ether oxygens (including phenoxy) is 1. The zero-order valence-corrected chi connectivity index (χ0v) is 11.1. The first-order valence-corrected chi connectivity index (χ1v) is 7.08. The number of aliphatic hydroxyl groups is 1. The number of aliphatic hydroxyl groups excluding tert-OH is 1. The number of fused-ring (bicyclic) bond motifs is 5. The highest BCUT2D eigenvalue weighted by Crippen LogP contribution is 2.57. The molecule has 1 aromatic rings. The Morgan fingerprint density at radius 3 is 2.11 bits per heavy atom. The molecule has 0 spiro atoms. The Morgan fingerprint density at radius 2 is 1.58 bits per heavy atom. The van der Waals surface area contributed by atoms with Crippen molar-refractivity contribution in [3.8, 4) is 0 Å². The fraction of sp³-hybridized carbons (Fsp3) is 0.500. The smallest absolute Gasteiger partial charge is 0.113 e. The van der Waals surface area contributed by atoms with Crippen LogP contribution in [0.4, 0.5) is 0 Å². The largest absolute Gasteiger partial charge is 0.396 e. The van der Waals surface area contributed by atoms with Gasteiger partial charge in [0.05, 0.1) is 0 Å². The summed E-state index contributed by atoms with van der Waals surface area (Å²) in [5.41, 5.74) is 7.59. The number of benzene rings is 1. The molecule has 0 fully saturated rings. The molecule has 2 aliphatic rings. The van der Waals surface area contributed by atoms with Crippen LogP contribution in [0.1, 0.15) is 36.8 Å². The summed E-state index contributed by atoms with van der Waals surface area (Å²) in [6.45, 7) is 0.891. The predicted octanol–water partition coefficient (Wildman–Crippen LogP) is 2.19. The Hall–Kier alpha value is -1.16. The van der Waals surface area contributed by atoms with Gasteiger partial charge in [0.25, 0.3) is 0 Å². The lowest BCUT2D eigenvalue weighted by atomic mass is 9.78. The molecule has 2 atom stereocenters.